The van der Waals surface area contributed by atoms with Crippen molar-refractivity contribution in [2.75, 3.05) is 0 Å². The molecule has 0 aliphatic rings. The monoisotopic (exact) mass is 697 g/mol. The molecule has 5 heteroatoms. The Balaban J connectivity index is 1.21. The number of phenolic OH excluding ortho intramolecular Hbond substituents is 1. The Morgan fingerprint density at radius 2 is 1.24 bits per heavy atom. The second-order valence-electron chi connectivity index (χ2n) is 14.5. The number of aromatic hydroxyl groups is 1. The normalized spacial score (nSPS) is 12.0. The molecule has 54 heavy (non-hydrogen) atoms. The van der Waals surface area contributed by atoms with Crippen molar-refractivity contribution >= 4 is 43.7 Å². The van der Waals surface area contributed by atoms with Crippen LogP contribution in [0.15, 0.2) is 174 Å². The van der Waals surface area contributed by atoms with E-state index in [2.05, 4.69) is 140 Å². The van der Waals surface area contributed by atoms with E-state index in [1.165, 1.54) is 10.9 Å². The van der Waals surface area contributed by atoms with E-state index in [1.807, 2.05) is 42.6 Å². The van der Waals surface area contributed by atoms with Crippen molar-refractivity contribution in [1.82, 2.24) is 14.5 Å². The molecule has 0 amide bonds. The van der Waals surface area contributed by atoms with Crippen molar-refractivity contribution in [3.8, 4) is 45.2 Å². The van der Waals surface area contributed by atoms with Gasteiger partial charge in [-0.2, -0.15) is 0 Å². The first-order chi connectivity index (χ1) is 26.4. The summed E-state index contributed by atoms with van der Waals surface area (Å²) in [6.45, 7) is 4.54. The van der Waals surface area contributed by atoms with Crippen molar-refractivity contribution in [1.29, 1.82) is 0 Å². The minimum Gasteiger partial charge on any atom is -0.507 e. The number of phenols is 1. The third-order valence-electron chi connectivity index (χ3n) is 10.8. The van der Waals surface area contributed by atoms with Gasteiger partial charge in [0.15, 0.2) is 0 Å². The maximum atomic E-state index is 11.0. The second-order valence-corrected chi connectivity index (χ2v) is 14.5. The van der Waals surface area contributed by atoms with Crippen molar-refractivity contribution in [3.63, 3.8) is 0 Å². The molecule has 0 fully saturated rings. The molecule has 0 atom stereocenters. The quantitative estimate of drug-likeness (QED) is 0.188. The van der Waals surface area contributed by atoms with Gasteiger partial charge in [0.1, 0.15) is 22.7 Å². The molecule has 3 aromatic heterocycles. The summed E-state index contributed by atoms with van der Waals surface area (Å²) in [5, 5.41) is 15.4. The summed E-state index contributed by atoms with van der Waals surface area (Å²) in [6, 6.07) is 56.0. The van der Waals surface area contributed by atoms with Crippen molar-refractivity contribution in [3.05, 3.63) is 181 Å². The summed E-state index contributed by atoms with van der Waals surface area (Å²) < 4.78 is 8.63. The van der Waals surface area contributed by atoms with Gasteiger partial charge in [-0.3, -0.25) is 9.55 Å². The molecule has 1 N–H and O–H groups in total. The summed E-state index contributed by atoms with van der Waals surface area (Å²) in [5.74, 6) is 0.855. The molecule has 0 aliphatic heterocycles. The fourth-order valence-electron chi connectivity index (χ4n) is 7.84. The number of hydrogen-bond donors (Lipinski definition) is 1. The molecule has 5 nitrogen and oxygen atoms in total. The van der Waals surface area contributed by atoms with E-state index in [0.717, 1.165) is 72.0 Å². The highest BCUT2D eigenvalue weighted by Gasteiger charge is 2.26. The van der Waals surface area contributed by atoms with E-state index in [4.69, 9.17) is 14.4 Å². The van der Waals surface area contributed by atoms with Crippen LogP contribution in [0.25, 0.3) is 83.2 Å². The third-order valence-corrected chi connectivity index (χ3v) is 10.8. The van der Waals surface area contributed by atoms with Crippen LogP contribution in [0.4, 0.5) is 0 Å². The zero-order valence-electron chi connectivity index (χ0n) is 29.9. The number of pyridine rings is 1. The molecular weight excluding hydrogens is 663 g/mol. The number of imidazole rings is 1. The predicted octanol–water partition coefficient (Wildman–Crippen LogP) is 12.5. The van der Waals surface area contributed by atoms with Gasteiger partial charge in [0, 0.05) is 45.3 Å². The number of fused-ring (bicyclic) bond motifs is 5. The largest absolute Gasteiger partial charge is 0.507 e. The van der Waals surface area contributed by atoms with Gasteiger partial charge in [-0.25, -0.2) is 4.98 Å². The molecule has 258 valence electrons. The Kier molecular flexibility index (Phi) is 7.24. The lowest BCUT2D eigenvalue weighted by Crippen LogP contribution is -2.19. The van der Waals surface area contributed by atoms with E-state index >= 15 is 0 Å². The smallest absolute Gasteiger partial charge is 0.149 e. The van der Waals surface area contributed by atoms with Gasteiger partial charge >= 0.3 is 0 Å². The molecule has 0 radical (unpaired) electrons. The SMILES string of the molecule is CC(C)(c1ccccc1)c1cc(-c2cc3oc4cc5ccccc5cc4c3cn2)cc(-c2cccc3c2nc(-c2ccccc2O)n3-c2ccccc2)c1. The van der Waals surface area contributed by atoms with Crippen molar-refractivity contribution < 1.29 is 9.52 Å². The minimum atomic E-state index is -0.326. The second kappa shape index (κ2) is 12.3. The van der Waals surface area contributed by atoms with Crippen LogP contribution in [0, 0.1) is 0 Å². The first-order valence-corrected chi connectivity index (χ1v) is 18.2. The molecule has 0 saturated heterocycles. The maximum absolute atomic E-state index is 11.0. The van der Waals surface area contributed by atoms with Crippen molar-refractivity contribution in [2.45, 2.75) is 19.3 Å². The van der Waals surface area contributed by atoms with Gasteiger partial charge in [0.05, 0.1) is 22.3 Å². The third kappa shape index (κ3) is 5.16. The van der Waals surface area contributed by atoms with Crippen LogP contribution in [-0.4, -0.2) is 19.6 Å². The molecule has 0 unspecified atom stereocenters. The van der Waals surface area contributed by atoms with E-state index in [-0.39, 0.29) is 11.2 Å². The van der Waals surface area contributed by atoms with E-state index in [1.54, 1.807) is 6.07 Å². The van der Waals surface area contributed by atoms with E-state index in [0.29, 0.717) is 11.4 Å². The number of furan rings is 1. The van der Waals surface area contributed by atoms with Gasteiger partial charge in [-0.05, 0) is 82.1 Å². The Bertz CT molecular complexity index is 3030. The van der Waals surface area contributed by atoms with Crippen LogP contribution in [0.5, 0.6) is 5.75 Å². The zero-order valence-corrected chi connectivity index (χ0v) is 29.9. The van der Waals surface area contributed by atoms with Crippen LogP contribution in [-0.2, 0) is 5.41 Å². The average Bonchev–Trinajstić information content (AvgIpc) is 3.78. The average molecular weight is 698 g/mol. The number of benzene rings is 7. The van der Waals surface area contributed by atoms with Gasteiger partial charge < -0.3 is 9.52 Å². The molecule has 0 aliphatic carbocycles. The Hall–Kier alpha value is -6.98. The topological polar surface area (TPSA) is 64.1 Å². The number of nitrogens with zero attached hydrogens (tertiary/aromatic N) is 3. The van der Waals surface area contributed by atoms with Crippen molar-refractivity contribution in [2.24, 2.45) is 0 Å². The van der Waals surface area contributed by atoms with E-state index < -0.39 is 0 Å². The maximum Gasteiger partial charge on any atom is 0.149 e. The Labute approximate surface area is 312 Å². The van der Waals surface area contributed by atoms with Crippen LogP contribution < -0.4 is 0 Å². The Morgan fingerprint density at radius 1 is 0.574 bits per heavy atom. The fraction of sp³-hybridized carbons (Fsp3) is 0.0612. The van der Waals surface area contributed by atoms with Gasteiger partial charge in [-0.15, -0.1) is 0 Å². The predicted molar refractivity (Wildman–Crippen MR) is 220 cm³/mol. The number of hydrogen-bond acceptors (Lipinski definition) is 4. The highest BCUT2D eigenvalue weighted by molar-refractivity contribution is 6.10. The first-order valence-electron chi connectivity index (χ1n) is 18.2. The number of para-hydroxylation sites is 3. The highest BCUT2D eigenvalue weighted by atomic mass is 16.3. The summed E-state index contributed by atoms with van der Waals surface area (Å²) in [7, 11) is 0. The highest BCUT2D eigenvalue weighted by Crippen LogP contribution is 2.42. The molecule has 0 bridgehead atoms. The number of aromatic nitrogens is 3. The summed E-state index contributed by atoms with van der Waals surface area (Å²) in [5.41, 5.74) is 10.9. The molecule has 3 heterocycles. The van der Waals surface area contributed by atoms with Crippen LogP contribution in [0.2, 0.25) is 0 Å². The summed E-state index contributed by atoms with van der Waals surface area (Å²) in [6.07, 6.45) is 1.95. The molecule has 0 saturated carbocycles. The summed E-state index contributed by atoms with van der Waals surface area (Å²) >= 11 is 0. The van der Waals surface area contributed by atoms with E-state index in [9.17, 15) is 5.11 Å². The minimum absolute atomic E-state index is 0.181. The lowest BCUT2D eigenvalue weighted by molar-refractivity contribution is 0.477. The molecular formula is C49H35N3O2. The lowest BCUT2D eigenvalue weighted by Gasteiger charge is -2.27. The molecule has 0 spiro atoms. The fourth-order valence-corrected chi connectivity index (χ4v) is 7.84. The standard InChI is InChI=1S/C49H35N3O2/c1-49(2,35-16-5-3-6-17-35)36-25-33(24-34(26-36)42-29-46-41(30-50-42)40-27-31-14-9-10-15-32(31)28-45(40)54-46)38-21-13-22-43-47(38)51-48(39-20-11-12-23-44(39)53)52(43)37-18-7-4-8-19-37/h3-30,53H,1-2H3. The Morgan fingerprint density at radius 3 is 2.04 bits per heavy atom. The lowest BCUT2D eigenvalue weighted by atomic mass is 9.76. The first kappa shape index (κ1) is 31.7. The zero-order chi connectivity index (χ0) is 36.4. The van der Waals surface area contributed by atoms with Crippen LogP contribution in [0.3, 0.4) is 0 Å². The number of rotatable bonds is 6. The molecule has 7 aromatic carbocycles. The van der Waals surface area contributed by atoms with Crippen LogP contribution >= 0.6 is 0 Å². The summed E-state index contributed by atoms with van der Waals surface area (Å²) in [4.78, 5) is 10.4. The molecule has 10 aromatic rings. The van der Waals surface area contributed by atoms with Gasteiger partial charge in [-0.1, -0.05) is 117 Å². The van der Waals surface area contributed by atoms with Gasteiger partial charge in [0.2, 0.25) is 0 Å². The van der Waals surface area contributed by atoms with Crippen LogP contribution in [0.1, 0.15) is 25.0 Å². The molecule has 10 rings (SSSR count). The van der Waals surface area contributed by atoms with Gasteiger partial charge in [0.25, 0.3) is 0 Å².